The van der Waals surface area contributed by atoms with Crippen LogP contribution >= 0.6 is 0 Å². The van der Waals surface area contributed by atoms with Gasteiger partial charge in [-0.15, -0.1) is 0 Å². The number of rotatable bonds is 2. The molecule has 0 aliphatic carbocycles. The van der Waals surface area contributed by atoms with Crippen LogP contribution in [0.3, 0.4) is 0 Å². The number of carbonyl (C=O) groups is 1. The second-order valence-corrected chi connectivity index (χ2v) is 1.06. The summed E-state index contributed by atoms with van der Waals surface area (Å²) in [6, 6.07) is 0. The molecule has 0 aromatic rings. The van der Waals surface area contributed by atoms with Crippen LogP contribution in [0.4, 0.5) is 4.39 Å². The number of aldehydes is 1. The van der Waals surface area contributed by atoms with E-state index in [1.165, 1.54) is 0 Å². The molecule has 36 valence electrons. The second kappa shape index (κ2) is 2.82. The van der Waals surface area contributed by atoms with Crippen molar-refractivity contribution in [3.05, 3.63) is 0 Å². The fourth-order valence-corrected chi connectivity index (χ4v) is 0.0962. The normalized spacial score (nSPS) is 13.7. The highest BCUT2D eigenvalue weighted by atomic mass is 19.1. The summed E-state index contributed by atoms with van der Waals surface area (Å²) >= 11 is 0. The van der Waals surface area contributed by atoms with Crippen LogP contribution in [0.25, 0.3) is 0 Å². The lowest BCUT2D eigenvalue weighted by Crippen LogP contribution is -1.95. The second-order valence-electron chi connectivity index (χ2n) is 1.06. The summed E-state index contributed by atoms with van der Waals surface area (Å²) < 4.78 is 11.5. The SMILES string of the molecule is CCC(F)C=O. The number of hydrogen-bond acceptors (Lipinski definition) is 1. The number of hydrogen-bond donors (Lipinski definition) is 0. The quantitative estimate of drug-likeness (QED) is 0.461. The topological polar surface area (TPSA) is 17.1 Å². The Morgan fingerprint density at radius 1 is 2.00 bits per heavy atom. The molecule has 0 saturated heterocycles. The van der Waals surface area contributed by atoms with Crippen molar-refractivity contribution in [2.75, 3.05) is 0 Å². The van der Waals surface area contributed by atoms with Crippen molar-refractivity contribution in [3.63, 3.8) is 0 Å². The zero-order valence-electron chi connectivity index (χ0n) is 3.65. The minimum absolute atomic E-state index is 0.295. The monoisotopic (exact) mass is 90.0 g/mol. The van der Waals surface area contributed by atoms with E-state index in [0.717, 1.165) is 0 Å². The lowest BCUT2D eigenvalue weighted by atomic mass is 10.3. The summed E-state index contributed by atoms with van der Waals surface area (Å²) in [5, 5.41) is 0. The van der Waals surface area contributed by atoms with E-state index in [4.69, 9.17) is 0 Å². The van der Waals surface area contributed by atoms with Crippen molar-refractivity contribution in [2.45, 2.75) is 19.5 Å². The Kier molecular flexibility index (Phi) is 2.63. The highest BCUT2D eigenvalue weighted by Crippen LogP contribution is 1.88. The smallest absolute Gasteiger partial charge is 0.155 e. The van der Waals surface area contributed by atoms with Gasteiger partial charge >= 0.3 is 0 Å². The van der Waals surface area contributed by atoms with Gasteiger partial charge in [0, 0.05) is 0 Å². The molecule has 0 aliphatic heterocycles. The van der Waals surface area contributed by atoms with Crippen molar-refractivity contribution in [1.29, 1.82) is 0 Å². The summed E-state index contributed by atoms with van der Waals surface area (Å²) in [7, 11) is 0. The van der Waals surface area contributed by atoms with Gasteiger partial charge < -0.3 is 4.79 Å². The Morgan fingerprint density at radius 2 is 2.50 bits per heavy atom. The highest BCUT2D eigenvalue weighted by Gasteiger charge is 1.94. The molecule has 0 fully saturated rings. The zero-order chi connectivity index (χ0) is 4.99. The molecular weight excluding hydrogens is 83.0 g/mol. The molecule has 0 amide bonds. The average Bonchev–Trinajstić information content (AvgIpc) is 1.65. The fourth-order valence-electron chi connectivity index (χ4n) is 0.0962. The van der Waals surface area contributed by atoms with Gasteiger partial charge in [0.1, 0.15) is 0 Å². The summed E-state index contributed by atoms with van der Waals surface area (Å²) in [5.41, 5.74) is 0. The molecular formula is C4H7FO. The van der Waals surface area contributed by atoms with E-state index < -0.39 is 6.17 Å². The predicted octanol–water partition coefficient (Wildman–Crippen LogP) is 0.933. The third kappa shape index (κ3) is 1.88. The molecule has 1 unspecified atom stereocenters. The summed E-state index contributed by atoms with van der Waals surface area (Å²) in [6.45, 7) is 1.62. The van der Waals surface area contributed by atoms with Gasteiger partial charge in [0.05, 0.1) is 0 Å². The van der Waals surface area contributed by atoms with Gasteiger partial charge in [0.15, 0.2) is 12.5 Å². The lowest BCUT2D eigenvalue weighted by molar-refractivity contribution is -0.112. The molecule has 0 aromatic heterocycles. The molecule has 0 radical (unpaired) electrons. The van der Waals surface area contributed by atoms with Gasteiger partial charge in [-0.1, -0.05) is 6.92 Å². The maximum Gasteiger partial charge on any atom is 0.155 e. The van der Waals surface area contributed by atoms with Crippen LogP contribution in [0.15, 0.2) is 0 Å². The fraction of sp³-hybridized carbons (Fsp3) is 0.750. The third-order valence-corrected chi connectivity index (χ3v) is 0.538. The standard InChI is InChI=1S/C4H7FO/c1-2-4(5)3-6/h3-4H,2H2,1H3. The molecule has 0 spiro atoms. The Bertz CT molecular complexity index is 44.8. The number of halogens is 1. The molecule has 0 aliphatic rings. The van der Waals surface area contributed by atoms with Gasteiger partial charge in [-0.25, -0.2) is 4.39 Å². The average molecular weight is 90.1 g/mol. The van der Waals surface area contributed by atoms with E-state index in [-0.39, 0.29) is 0 Å². The molecule has 0 bridgehead atoms. The molecule has 0 aromatic carbocycles. The van der Waals surface area contributed by atoms with Crippen LogP contribution in [0, 0.1) is 0 Å². The van der Waals surface area contributed by atoms with Gasteiger partial charge in [-0.2, -0.15) is 0 Å². The third-order valence-electron chi connectivity index (χ3n) is 0.538. The number of alkyl halides is 1. The van der Waals surface area contributed by atoms with Crippen LogP contribution in [0.5, 0.6) is 0 Å². The zero-order valence-corrected chi connectivity index (χ0v) is 3.65. The van der Waals surface area contributed by atoms with Crippen LogP contribution in [0.1, 0.15) is 13.3 Å². The van der Waals surface area contributed by atoms with Crippen molar-refractivity contribution < 1.29 is 9.18 Å². The van der Waals surface area contributed by atoms with Crippen molar-refractivity contribution in [3.8, 4) is 0 Å². The first-order valence-electron chi connectivity index (χ1n) is 1.90. The van der Waals surface area contributed by atoms with Gasteiger partial charge in [-0.3, -0.25) is 0 Å². The van der Waals surface area contributed by atoms with E-state index in [0.29, 0.717) is 12.7 Å². The van der Waals surface area contributed by atoms with Gasteiger partial charge in [-0.05, 0) is 6.42 Å². The first-order valence-corrected chi connectivity index (χ1v) is 1.90. The minimum atomic E-state index is -1.25. The molecule has 6 heavy (non-hydrogen) atoms. The van der Waals surface area contributed by atoms with E-state index in [2.05, 4.69) is 0 Å². The highest BCUT2D eigenvalue weighted by molar-refractivity contribution is 5.55. The maximum absolute atomic E-state index is 11.5. The molecule has 1 nitrogen and oxygen atoms in total. The Hall–Kier alpha value is -0.400. The van der Waals surface area contributed by atoms with Gasteiger partial charge in [0.2, 0.25) is 0 Å². The number of carbonyl (C=O) groups excluding carboxylic acids is 1. The maximum atomic E-state index is 11.5. The minimum Gasteiger partial charge on any atom is -0.300 e. The molecule has 1 atom stereocenters. The van der Waals surface area contributed by atoms with E-state index in [1.807, 2.05) is 0 Å². The van der Waals surface area contributed by atoms with Crippen LogP contribution in [-0.2, 0) is 4.79 Å². The van der Waals surface area contributed by atoms with Crippen molar-refractivity contribution in [1.82, 2.24) is 0 Å². The summed E-state index contributed by atoms with van der Waals surface area (Å²) in [5.74, 6) is 0. The molecule has 0 saturated carbocycles. The van der Waals surface area contributed by atoms with Crippen LogP contribution < -0.4 is 0 Å². The Labute approximate surface area is 36.2 Å². The van der Waals surface area contributed by atoms with Crippen LogP contribution in [-0.4, -0.2) is 12.5 Å². The molecule has 0 heterocycles. The van der Waals surface area contributed by atoms with E-state index in [9.17, 15) is 9.18 Å². The molecule has 0 N–H and O–H groups in total. The Balaban J connectivity index is 2.96. The summed E-state index contributed by atoms with van der Waals surface area (Å²) in [6.07, 6.45) is -0.645. The van der Waals surface area contributed by atoms with Crippen molar-refractivity contribution >= 4 is 6.29 Å². The lowest BCUT2D eigenvalue weighted by Gasteiger charge is -1.85. The first-order chi connectivity index (χ1) is 2.81. The Morgan fingerprint density at radius 3 is 2.50 bits per heavy atom. The summed E-state index contributed by atoms with van der Waals surface area (Å²) in [4.78, 5) is 9.36. The molecule has 2 heteroatoms. The largest absolute Gasteiger partial charge is 0.300 e. The van der Waals surface area contributed by atoms with Gasteiger partial charge in [0.25, 0.3) is 0 Å². The van der Waals surface area contributed by atoms with Crippen LogP contribution in [0.2, 0.25) is 0 Å². The van der Waals surface area contributed by atoms with E-state index >= 15 is 0 Å². The molecule has 0 rings (SSSR count). The van der Waals surface area contributed by atoms with Crippen molar-refractivity contribution in [2.24, 2.45) is 0 Å². The first kappa shape index (κ1) is 5.60. The van der Waals surface area contributed by atoms with E-state index in [1.54, 1.807) is 6.92 Å². The predicted molar refractivity (Wildman–Crippen MR) is 21.3 cm³/mol.